The summed E-state index contributed by atoms with van der Waals surface area (Å²) in [7, 11) is 0. The van der Waals surface area contributed by atoms with Crippen molar-refractivity contribution in [3.63, 3.8) is 0 Å². The van der Waals surface area contributed by atoms with Crippen LogP contribution < -0.4 is 5.32 Å². The van der Waals surface area contributed by atoms with Crippen molar-refractivity contribution in [2.45, 2.75) is 32.0 Å². The van der Waals surface area contributed by atoms with Gasteiger partial charge >= 0.3 is 0 Å². The van der Waals surface area contributed by atoms with Crippen LogP contribution in [0.5, 0.6) is 0 Å². The van der Waals surface area contributed by atoms with Gasteiger partial charge in [0.15, 0.2) is 5.11 Å². The molecule has 1 fully saturated rings. The van der Waals surface area contributed by atoms with Gasteiger partial charge in [0.1, 0.15) is 0 Å². The Labute approximate surface area is 174 Å². The third-order valence-electron chi connectivity index (χ3n) is 5.11. The van der Waals surface area contributed by atoms with E-state index in [9.17, 15) is 10.1 Å². The molecule has 0 saturated carbocycles. The zero-order valence-electron chi connectivity index (χ0n) is 16.1. The molecule has 0 radical (unpaired) electrons. The van der Waals surface area contributed by atoms with Gasteiger partial charge in [0.2, 0.25) is 0 Å². The number of pyridine rings is 1. The number of thiocarbonyl (C=S) groups is 1. The largest absolute Gasteiger partial charge is 0.352 e. The Hall–Kier alpha value is -3.26. The highest BCUT2D eigenvalue weighted by Crippen LogP contribution is 2.40. The molecular weight excluding hydrogens is 386 g/mol. The van der Waals surface area contributed by atoms with E-state index in [0.717, 1.165) is 17.1 Å². The van der Waals surface area contributed by atoms with Crippen LogP contribution in [0.2, 0.25) is 0 Å². The van der Waals surface area contributed by atoms with E-state index in [1.807, 2.05) is 30.5 Å². The van der Waals surface area contributed by atoms with Crippen molar-refractivity contribution in [3.05, 3.63) is 88.5 Å². The van der Waals surface area contributed by atoms with Crippen LogP contribution >= 0.6 is 12.2 Å². The highest BCUT2D eigenvalue weighted by Gasteiger charge is 2.42. The second kappa shape index (κ2) is 7.63. The van der Waals surface area contributed by atoms with E-state index < -0.39 is 4.92 Å². The Bertz CT molecular complexity index is 1030. The number of hydrogen-bond acceptors (Lipinski definition) is 4. The predicted molar refractivity (Wildman–Crippen MR) is 115 cm³/mol. The Balaban J connectivity index is 1.80. The lowest BCUT2D eigenvalue weighted by Gasteiger charge is -2.31. The molecule has 0 spiro atoms. The van der Waals surface area contributed by atoms with Crippen LogP contribution in [-0.2, 0) is 0 Å². The van der Waals surface area contributed by atoms with Gasteiger partial charge in [-0.3, -0.25) is 15.1 Å². The predicted octanol–water partition coefficient (Wildman–Crippen LogP) is 4.16. The van der Waals surface area contributed by atoms with Crippen molar-refractivity contribution < 1.29 is 4.92 Å². The molecule has 0 bridgehead atoms. The summed E-state index contributed by atoms with van der Waals surface area (Å²) in [6.45, 7) is 4.22. The van der Waals surface area contributed by atoms with Gasteiger partial charge in [-0.1, -0.05) is 6.07 Å². The maximum atomic E-state index is 11.0. The third-order valence-corrected chi connectivity index (χ3v) is 5.44. The molecule has 1 aliphatic rings. The first kappa shape index (κ1) is 19.1. The van der Waals surface area contributed by atoms with Gasteiger partial charge in [-0.25, -0.2) is 0 Å². The Morgan fingerprint density at radius 3 is 2.52 bits per heavy atom. The number of nitro groups is 1. The minimum absolute atomic E-state index is 0.0670. The maximum absolute atomic E-state index is 11.0. The number of nitrogens with one attached hydrogen (secondary N) is 1. The van der Waals surface area contributed by atoms with E-state index in [1.54, 1.807) is 18.3 Å². The van der Waals surface area contributed by atoms with Crippen LogP contribution in [-0.4, -0.2) is 30.5 Å². The zero-order valence-corrected chi connectivity index (χ0v) is 16.9. The molecule has 4 rings (SSSR count). The number of nitrogens with zero attached hydrogens (tertiary/aromatic N) is 4. The quantitative estimate of drug-likeness (QED) is 0.389. The molecule has 148 valence electrons. The van der Waals surface area contributed by atoms with Gasteiger partial charge in [-0.15, -0.1) is 0 Å². The monoisotopic (exact) mass is 407 g/mol. The minimum atomic E-state index is -0.392. The van der Waals surface area contributed by atoms with Gasteiger partial charge in [-0.2, -0.15) is 0 Å². The van der Waals surface area contributed by atoms with E-state index in [4.69, 9.17) is 12.2 Å². The second-order valence-electron chi connectivity index (χ2n) is 7.20. The third kappa shape index (κ3) is 3.47. The number of benzene rings is 1. The Morgan fingerprint density at radius 1 is 1.14 bits per heavy atom. The normalized spacial score (nSPS) is 18.9. The number of hydrogen-bond donors (Lipinski definition) is 1. The summed E-state index contributed by atoms with van der Waals surface area (Å²) < 4.78 is 2.05. The van der Waals surface area contributed by atoms with Crippen LogP contribution in [0.4, 0.5) is 5.69 Å². The van der Waals surface area contributed by atoms with E-state index in [0.29, 0.717) is 5.11 Å². The van der Waals surface area contributed by atoms with E-state index >= 15 is 0 Å². The summed E-state index contributed by atoms with van der Waals surface area (Å²) in [6, 6.07) is 16.5. The number of aromatic nitrogens is 2. The molecule has 7 nitrogen and oxygen atoms in total. The van der Waals surface area contributed by atoms with E-state index in [-0.39, 0.29) is 23.8 Å². The van der Waals surface area contributed by atoms with E-state index in [1.165, 1.54) is 12.1 Å². The molecule has 0 unspecified atom stereocenters. The standard InChI is InChI=1S/C21H21N5O2S/c1-14(2)25-20(19(23-21(25)29)17-6-3-4-12-22-17)18-7-5-13-24(18)15-8-10-16(11-9-15)26(27)28/h3-14,19-20H,1-2H3,(H,23,29)/t19-,20+/m0/s1. The van der Waals surface area contributed by atoms with Crippen molar-refractivity contribution in [2.24, 2.45) is 0 Å². The van der Waals surface area contributed by atoms with Crippen LogP contribution in [0, 0.1) is 10.1 Å². The lowest BCUT2D eigenvalue weighted by Crippen LogP contribution is -2.36. The van der Waals surface area contributed by atoms with Crippen molar-refractivity contribution >= 4 is 23.0 Å². The first-order chi connectivity index (χ1) is 14.0. The molecule has 0 amide bonds. The maximum Gasteiger partial charge on any atom is 0.269 e. The number of non-ortho nitro benzene ring substituents is 1. The van der Waals surface area contributed by atoms with Gasteiger partial charge in [0, 0.05) is 41.9 Å². The fraction of sp³-hybridized carbons (Fsp3) is 0.238. The lowest BCUT2D eigenvalue weighted by molar-refractivity contribution is -0.384. The zero-order chi connectivity index (χ0) is 20.5. The highest BCUT2D eigenvalue weighted by atomic mass is 32.1. The van der Waals surface area contributed by atoms with Crippen LogP contribution in [0.1, 0.15) is 37.3 Å². The topological polar surface area (TPSA) is 76.2 Å². The van der Waals surface area contributed by atoms with Crippen LogP contribution in [0.15, 0.2) is 67.0 Å². The fourth-order valence-corrected chi connectivity index (χ4v) is 4.29. The van der Waals surface area contributed by atoms with Crippen molar-refractivity contribution in [1.29, 1.82) is 0 Å². The SMILES string of the molecule is CC(C)N1C(=S)N[C@@H](c2ccccn2)[C@H]1c1cccn1-c1ccc([N+](=O)[O-])cc1. The molecule has 2 aromatic heterocycles. The molecule has 29 heavy (non-hydrogen) atoms. The summed E-state index contributed by atoms with van der Waals surface area (Å²) in [5.74, 6) is 0. The summed E-state index contributed by atoms with van der Waals surface area (Å²) in [5.41, 5.74) is 2.88. The summed E-state index contributed by atoms with van der Waals surface area (Å²) in [4.78, 5) is 17.3. The average Bonchev–Trinajstić information content (AvgIpc) is 3.32. The van der Waals surface area contributed by atoms with Crippen molar-refractivity contribution in [3.8, 4) is 5.69 Å². The van der Waals surface area contributed by atoms with Crippen molar-refractivity contribution in [1.82, 2.24) is 19.8 Å². The highest BCUT2D eigenvalue weighted by molar-refractivity contribution is 7.80. The van der Waals surface area contributed by atoms with Crippen LogP contribution in [0.3, 0.4) is 0 Å². The van der Waals surface area contributed by atoms with Gasteiger partial charge in [-0.05, 0) is 62.5 Å². The summed E-state index contributed by atoms with van der Waals surface area (Å²) in [6.07, 6.45) is 3.75. The smallest absolute Gasteiger partial charge is 0.269 e. The summed E-state index contributed by atoms with van der Waals surface area (Å²) in [5, 5.41) is 15.1. The Morgan fingerprint density at radius 2 is 1.90 bits per heavy atom. The molecule has 3 aromatic rings. The number of nitro benzene ring substituents is 1. The summed E-state index contributed by atoms with van der Waals surface area (Å²) >= 11 is 5.65. The van der Waals surface area contributed by atoms with Crippen LogP contribution in [0.25, 0.3) is 5.69 Å². The minimum Gasteiger partial charge on any atom is -0.352 e. The second-order valence-corrected chi connectivity index (χ2v) is 7.59. The van der Waals surface area contributed by atoms with E-state index in [2.05, 4.69) is 39.7 Å². The molecule has 8 heteroatoms. The fourth-order valence-electron chi connectivity index (χ4n) is 3.84. The molecule has 1 aliphatic heterocycles. The molecule has 1 N–H and O–H groups in total. The molecule has 2 atom stereocenters. The van der Waals surface area contributed by atoms with Gasteiger partial charge in [0.05, 0.1) is 22.7 Å². The first-order valence-corrected chi connectivity index (χ1v) is 9.80. The molecule has 3 heterocycles. The Kier molecular flexibility index (Phi) is 5.02. The molecule has 1 saturated heterocycles. The van der Waals surface area contributed by atoms with Crippen molar-refractivity contribution in [2.75, 3.05) is 0 Å². The molecule has 0 aliphatic carbocycles. The number of rotatable bonds is 5. The molecule has 1 aromatic carbocycles. The average molecular weight is 407 g/mol. The van der Waals surface area contributed by atoms with Gasteiger partial charge < -0.3 is 14.8 Å². The van der Waals surface area contributed by atoms with Gasteiger partial charge in [0.25, 0.3) is 5.69 Å². The molecular formula is C21H21N5O2S. The lowest BCUT2D eigenvalue weighted by atomic mass is 10.0. The first-order valence-electron chi connectivity index (χ1n) is 9.39.